The number of carbonyl (C=O) groups excluding carboxylic acids is 2. The van der Waals surface area contributed by atoms with E-state index in [0.29, 0.717) is 17.5 Å². The van der Waals surface area contributed by atoms with Crippen LogP contribution in [0.4, 0.5) is 23.0 Å². The van der Waals surface area contributed by atoms with Crippen molar-refractivity contribution in [1.82, 2.24) is 25.0 Å². The van der Waals surface area contributed by atoms with Gasteiger partial charge in [0, 0.05) is 53.6 Å². The summed E-state index contributed by atoms with van der Waals surface area (Å²) in [5, 5.41) is 15.3. The van der Waals surface area contributed by atoms with Crippen molar-refractivity contribution in [2.45, 2.75) is 58.0 Å². The Labute approximate surface area is 207 Å². The normalized spacial score (nSPS) is 20.2. The second-order valence-electron chi connectivity index (χ2n) is 9.40. The van der Waals surface area contributed by atoms with E-state index in [2.05, 4.69) is 42.6 Å². The Morgan fingerprint density at radius 3 is 2.77 bits per heavy atom. The van der Waals surface area contributed by atoms with Crippen molar-refractivity contribution >= 4 is 34.7 Å². The molecule has 1 aliphatic heterocycles. The average molecular weight is 476 g/mol. The smallest absolute Gasteiger partial charge is 0.228 e. The molecule has 10 heteroatoms. The predicted molar refractivity (Wildman–Crippen MR) is 132 cm³/mol. The summed E-state index contributed by atoms with van der Waals surface area (Å²) in [5.74, 6) is 0.0646. The maximum Gasteiger partial charge on any atom is 0.228 e. The first-order valence-corrected chi connectivity index (χ1v) is 11.9. The van der Waals surface area contributed by atoms with Crippen LogP contribution >= 0.6 is 0 Å². The van der Waals surface area contributed by atoms with E-state index in [1.54, 1.807) is 24.1 Å². The molecule has 3 aromatic rings. The van der Waals surface area contributed by atoms with Crippen LogP contribution in [0, 0.1) is 5.92 Å². The molecule has 2 fully saturated rings. The summed E-state index contributed by atoms with van der Waals surface area (Å²) < 4.78 is 22.7. The van der Waals surface area contributed by atoms with Crippen molar-refractivity contribution in [3.8, 4) is 11.3 Å². The Hall–Kier alpha value is -3.82. The molecular weight excluding hydrogens is 444 g/mol. The Morgan fingerprint density at radius 1 is 1.20 bits per heavy atom. The number of anilines is 4. The lowest BCUT2D eigenvalue weighted by molar-refractivity contribution is -0.117. The molecule has 2 saturated carbocycles. The molecule has 2 aliphatic carbocycles. The Kier molecular flexibility index (Phi) is 4.30. The van der Waals surface area contributed by atoms with Gasteiger partial charge in [-0.1, -0.05) is 6.85 Å². The SMILES string of the molecule is [2H]C([2H])([2H])CC(=O)c1cnc(NC(=O)C2CC2)cc1Nc1nccc2c1N(C1CC1)[C@H](C)c1nn(C)nc1-2. The lowest BCUT2D eigenvalue weighted by Crippen LogP contribution is -2.33. The van der Waals surface area contributed by atoms with Crippen LogP contribution in [-0.2, 0) is 11.8 Å². The van der Waals surface area contributed by atoms with Crippen LogP contribution in [0.1, 0.15) is 72.1 Å². The van der Waals surface area contributed by atoms with E-state index in [-0.39, 0.29) is 29.2 Å². The molecule has 35 heavy (non-hydrogen) atoms. The number of fused-ring (bicyclic) bond motifs is 3. The molecule has 10 nitrogen and oxygen atoms in total. The number of ketones is 1. The van der Waals surface area contributed by atoms with Gasteiger partial charge in [0.1, 0.15) is 17.2 Å². The van der Waals surface area contributed by atoms with E-state index in [9.17, 15) is 9.59 Å². The van der Waals surface area contributed by atoms with Crippen molar-refractivity contribution in [3.63, 3.8) is 0 Å². The van der Waals surface area contributed by atoms with Gasteiger partial charge in [-0.25, -0.2) is 9.97 Å². The molecule has 6 rings (SSSR count). The van der Waals surface area contributed by atoms with E-state index in [4.69, 9.17) is 4.11 Å². The van der Waals surface area contributed by atoms with Gasteiger partial charge in [-0.3, -0.25) is 9.59 Å². The minimum Gasteiger partial charge on any atom is -0.357 e. The Bertz CT molecular complexity index is 1440. The van der Waals surface area contributed by atoms with E-state index in [0.717, 1.165) is 48.3 Å². The predicted octanol–water partition coefficient (Wildman–Crippen LogP) is 4.00. The highest BCUT2D eigenvalue weighted by Gasteiger charge is 2.42. The molecule has 0 spiro atoms. The van der Waals surface area contributed by atoms with Crippen LogP contribution in [0.25, 0.3) is 11.3 Å². The highest BCUT2D eigenvalue weighted by atomic mass is 16.2. The standard InChI is InChI=1S/C25H28N8O2/c1-4-19(34)17-12-27-20(29-25(35)14-5-6-14)11-18(17)28-24-23-16(9-10-26-24)22-21(30-32(3)31-22)13(2)33(23)15-7-8-15/h9-15H,4-8H2,1-3H3,(H2,26,27,28,29,35)/t13-/m1/s1/i1D3. The summed E-state index contributed by atoms with van der Waals surface area (Å²) in [4.78, 5) is 38.1. The number of pyridine rings is 2. The lowest BCUT2D eigenvalue weighted by atomic mass is 9.97. The van der Waals surface area contributed by atoms with Crippen molar-refractivity contribution in [2.75, 3.05) is 15.5 Å². The van der Waals surface area contributed by atoms with Crippen molar-refractivity contribution in [3.05, 3.63) is 35.8 Å². The van der Waals surface area contributed by atoms with Gasteiger partial charge in [-0.05, 0) is 38.7 Å². The highest BCUT2D eigenvalue weighted by Crippen LogP contribution is 2.51. The molecule has 180 valence electrons. The summed E-state index contributed by atoms with van der Waals surface area (Å²) in [7, 11) is 1.80. The van der Waals surface area contributed by atoms with Gasteiger partial charge in [0.05, 0.1) is 23.0 Å². The minimum atomic E-state index is -2.43. The number of hydrogen-bond donors (Lipinski definition) is 2. The number of aryl methyl sites for hydroxylation is 1. The van der Waals surface area contributed by atoms with Crippen LogP contribution in [0.5, 0.6) is 0 Å². The Morgan fingerprint density at radius 2 is 2.03 bits per heavy atom. The number of amides is 1. The monoisotopic (exact) mass is 475 g/mol. The lowest BCUT2D eigenvalue weighted by Gasteiger charge is -2.36. The van der Waals surface area contributed by atoms with Crippen LogP contribution in [0.15, 0.2) is 24.5 Å². The van der Waals surface area contributed by atoms with Crippen molar-refractivity contribution in [1.29, 1.82) is 0 Å². The highest BCUT2D eigenvalue weighted by molar-refractivity contribution is 6.03. The summed E-state index contributed by atoms with van der Waals surface area (Å²) >= 11 is 0. The maximum absolute atomic E-state index is 13.0. The fourth-order valence-electron chi connectivity index (χ4n) is 4.72. The van der Waals surface area contributed by atoms with Crippen LogP contribution in [0.2, 0.25) is 0 Å². The summed E-state index contributed by atoms with van der Waals surface area (Å²) in [6.07, 6.45) is 6.12. The molecular formula is C25H28N8O2. The third-order valence-electron chi connectivity index (χ3n) is 6.75. The number of nitrogens with zero attached hydrogens (tertiary/aromatic N) is 6. The van der Waals surface area contributed by atoms with Gasteiger partial charge in [0.25, 0.3) is 0 Å². The van der Waals surface area contributed by atoms with Gasteiger partial charge in [-0.2, -0.15) is 15.0 Å². The Balaban J connectivity index is 1.43. The zero-order chi connectivity index (χ0) is 26.8. The largest absolute Gasteiger partial charge is 0.357 e. The topological polar surface area (TPSA) is 118 Å². The third kappa shape index (κ3) is 3.82. The zero-order valence-electron chi connectivity index (χ0n) is 22.6. The fraction of sp³-hybridized carbons (Fsp3) is 0.440. The molecule has 0 unspecified atom stereocenters. The summed E-state index contributed by atoms with van der Waals surface area (Å²) in [6, 6.07) is 3.76. The molecule has 0 aromatic carbocycles. The fourth-order valence-corrected chi connectivity index (χ4v) is 4.72. The first-order chi connectivity index (χ1) is 18.1. The number of carbonyl (C=O) groups is 2. The third-order valence-corrected chi connectivity index (χ3v) is 6.75. The quantitative estimate of drug-likeness (QED) is 0.492. The molecule has 3 aromatic heterocycles. The van der Waals surface area contributed by atoms with Gasteiger partial charge in [0.2, 0.25) is 5.91 Å². The molecule has 1 amide bonds. The molecule has 0 radical (unpaired) electrons. The molecule has 3 aliphatic rings. The van der Waals surface area contributed by atoms with Crippen LogP contribution in [0.3, 0.4) is 0 Å². The van der Waals surface area contributed by atoms with Gasteiger partial charge in [0.15, 0.2) is 11.6 Å². The summed E-state index contributed by atoms with van der Waals surface area (Å²) in [6.45, 7) is -0.341. The number of Topliss-reactive ketones (excluding diaryl/α,β-unsaturated/α-hetero) is 1. The second kappa shape index (κ2) is 8.14. The molecule has 2 N–H and O–H groups in total. The van der Waals surface area contributed by atoms with Gasteiger partial charge in [-0.15, -0.1) is 0 Å². The van der Waals surface area contributed by atoms with Gasteiger partial charge >= 0.3 is 0 Å². The first-order valence-electron chi connectivity index (χ1n) is 13.4. The van der Waals surface area contributed by atoms with E-state index >= 15 is 0 Å². The molecule has 0 bridgehead atoms. The van der Waals surface area contributed by atoms with E-state index in [1.165, 1.54) is 6.20 Å². The average Bonchev–Trinajstić information content (AvgIpc) is 3.76. The zero-order valence-corrected chi connectivity index (χ0v) is 19.6. The first kappa shape index (κ1) is 18.5. The molecule has 4 heterocycles. The van der Waals surface area contributed by atoms with Gasteiger partial charge < -0.3 is 15.5 Å². The maximum atomic E-state index is 13.0. The van der Waals surface area contributed by atoms with Crippen molar-refractivity contribution in [2.24, 2.45) is 13.0 Å². The number of hydrogen-bond acceptors (Lipinski definition) is 8. The minimum absolute atomic E-state index is 0.0253. The number of nitrogens with one attached hydrogen (secondary N) is 2. The van der Waals surface area contributed by atoms with Crippen molar-refractivity contribution < 1.29 is 13.7 Å². The van der Waals surface area contributed by atoms with E-state index in [1.807, 2.05) is 6.07 Å². The molecule has 1 atom stereocenters. The summed E-state index contributed by atoms with van der Waals surface area (Å²) in [5.41, 5.74) is 3.85. The number of rotatable bonds is 7. The second-order valence-corrected chi connectivity index (χ2v) is 9.40. The number of aromatic nitrogens is 5. The van der Waals surface area contributed by atoms with Crippen LogP contribution < -0.4 is 15.5 Å². The van der Waals surface area contributed by atoms with E-state index < -0.39 is 19.1 Å². The van der Waals surface area contributed by atoms with Crippen LogP contribution in [-0.4, -0.2) is 42.7 Å². The molecule has 0 saturated heterocycles.